The topological polar surface area (TPSA) is 52.1 Å². The molecule has 4 nitrogen and oxygen atoms in total. The van der Waals surface area contributed by atoms with E-state index in [0.29, 0.717) is 12.8 Å². The van der Waals surface area contributed by atoms with Gasteiger partial charge in [0.2, 0.25) is 5.88 Å². The van der Waals surface area contributed by atoms with E-state index in [-0.39, 0.29) is 17.6 Å². The van der Waals surface area contributed by atoms with Crippen molar-refractivity contribution in [2.24, 2.45) is 0 Å². The van der Waals surface area contributed by atoms with Gasteiger partial charge in [0.25, 0.3) is 0 Å². The number of rotatable bonds is 11. The van der Waals surface area contributed by atoms with Crippen LogP contribution in [0, 0.1) is 0 Å². The Morgan fingerprint density at radius 2 is 1.97 bits per heavy atom. The van der Waals surface area contributed by atoms with Crippen LogP contribution in [0.2, 0.25) is 0 Å². The predicted octanol–water partition coefficient (Wildman–Crippen LogP) is 5.82. The van der Waals surface area contributed by atoms with Gasteiger partial charge in [-0.15, -0.1) is 0 Å². The molecular formula is C24H30F2N2O2. The Kier molecular flexibility index (Phi) is 8.29. The van der Waals surface area contributed by atoms with Crippen molar-refractivity contribution in [2.45, 2.75) is 83.7 Å². The third-order valence-corrected chi connectivity index (χ3v) is 5.78. The fraction of sp³-hybridized carbons (Fsp3) is 0.542. The van der Waals surface area contributed by atoms with Crippen LogP contribution in [0.3, 0.4) is 0 Å². The van der Waals surface area contributed by atoms with Crippen LogP contribution in [-0.2, 0) is 24.1 Å². The molecule has 0 amide bonds. The van der Waals surface area contributed by atoms with Gasteiger partial charge >= 0.3 is 6.61 Å². The lowest BCUT2D eigenvalue weighted by Crippen LogP contribution is -2.09. The van der Waals surface area contributed by atoms with Gasteiger partial charge in [0.15, 0.2) is 0 Å². The number of aromatic nitrogens is 2. The third-order valence-electron chi connectivity index (χ3n) is 5.78. The Morgan fingerprint density at radius 3 is 2.70 bits per heavy atom. The van der Waals surface area contributed by atoms with E-state index in [1.165, 1.54) is 36.4 Å². The molecule has 1 aliphatic rings. The molecule has 0 aromatic carbocycles. The zero-order valence-corrected chi connectivity index (χ0v) is 17.6. The third kappa shape index (κ3) is 6.57. The molecule has 2 heterocycles. The van der Waals surface area contributed by atoms with Gasteiger partial charge in [-0.25, -0.2) is 4.98 Å². The van der Waals surface area contributed by atoms with E-state index in [0.717, 1.165) is 49.8 Å². The minimum atomic E-state index is -2.89. The lowest BCUT2D eigenvalue weighted by atomic mass is 9.91. The summed E-state index contributed by atoms with van der Waals surface area (Å²) in [7, 11) is 0. The Hall–Kier alpha value is -2.37. The second kappa shape index (κ2) is 11.1. The highest BCUT2D eigenvalue weighted by atomic mass is 19.3. The summed E-state index contributed by atoms with van der Waals surface area (Å²) < 4.78 is 28.8. The van der Waals surface area contributed by atoms with Crippen molar-refractivity contribution >= 4 is 5.78 Å². The molecule has 0 bridgehead atoms. The number of alkyl halides is 2. The van der Waals surface area contributed by atoms with Gasteiger partial charge in [0.05, 0.1) is 0 Å². The standard InChI is InChI=1S/C24H30F2N2O2/c1-2-17(19-12-14-23(27-16-19)30-24(25)26)15-21(29)9-5-4-8-20-13-11-18-7-3-6-10-22(18)28-20/h11-14,16-17,24H,2-10,15H2,1H3. The number of hydrogen-bond acceptors (Lipinski definition) is 4. The van der Waals surface area contributed by atoms with Crippen LogP contribution in [0.4, 0.5) is 8.78 Å². The maximum Gasteiger partial charge on any atom is 0.388 e. The van der Waals surface area contributed by atoms with Gasteiger partial charge in [-0.1, -0.05) is 19.1 Å². The van der Waals surface area contributed by atoms with Crippen molar-refractivity contribution < 1.29 is 18.3 Å². The van der Waals surface area contributed by atoms with Crippen LogP contribution in [0.1, 0.15) is 80.3 Å². The van der Waals surface area contributed by atoms with Crippen molar-refractivity contribution in [3.8, 4) is 5.88 Å². The van der Waals surface area contributed by atoms with Gasteiger partial charge in [0, 0.05) is 36.5 Å². The summed E-state index contributed by atoms with van der Waals surface area (Å²) in [6, 6.07) is 7.50. The highest BCUT2D eigenvalue weighted by molar-refractivity contribution is 5.79. The maximum absolute atomic E-state index is 12.4. The van der Waals surface area contributed by atoms with E-state index in [4.69, 9.17) is 4.98 Å². The number of pyridine rings is 2. The maximum atomic E-state index is 12.4. The first-order valence-corrected chi connectivity index (χ1v) is 10.9. The number of ketones is 1. The number of nitrogens with zero attached hydrogens (tertiary/aromatic N) is 2. The van der Waals surface area contributed by atoms with Crippen LogP contribution in [0.5, 0.6) is 5.88 Å². The average Bonchev–Trinajstić information content (AvgIpc) is 2.75. The van der Waals surface area contributed by atoms with Crippen molar-refractivity contribution in [1.29, 1.82) is 0 Å². The molecule has 2 aromatic heterocycles. The number of aryl methyl sites for hydroxylation is 3. The molecule has 0 fully saturated rings. The Morgan fingerprint density at radius 1 is 1.13 bits per heavy atom. The SMILES string of the molecule is CCC(CC(=O)CCCCc1ccc2c(n1)CCCC2)c1ccc(OC(F)F)nc1. The lowest BCUT2D eigenvalue weighted by molar-refractivity contribution is -0.119. The molecule has 0 aliphatic heterocycles. The molecule has 0 N–H and O–H groups in total. The molecular weight excluding hydrogens is 386 g/mol. The molecule has 0 spiro atoms. The molecule has 162 valence electrons. The van der Waals surface area contributed by atoms with E-state index < -0.39 is 6.61 Å². The summed E-state index contributed by atoms with van der Waals surface area (Å²) in [5, 5.41) is 0. The van der Waals surface area contributed by atoms with Gasteiger partial charge < -0.3 is 4.74 Å². The molecule has 3 rings (SSSR count). The number of carbonyl (C=O) groups is 1. The summed E-state index contributed by atoms with van der Waals surface area (Å²) in [5.74, 6) is 0.173. The monoisotopic (exact) mass is 416 g/mol. The van der Waals surface area contributed by atoms with Gasteiger partial charge in [-0.05, 0) is 74.5 Å². The number of halogens is 2. The van der Waals surface area contributed by atoms with Crippen LogP contribution >= 0.6 is 0 Å². The normalized spacial score (nSPS) is 14.4. The van der Waals surface area contributed by atoms with E-state index in [2.05, 4.69) is 21.9 Å². The minimum absolute atomic E-state index is 0.0490. The quantitative estimate of drug-likeness (QED) is 0.433. The number of fused-ring (bicyclic) bond motifs is 1. The van der Waals surface area contributed by atoms with Crippen LogP contribution in [0.15, 0.2) is 30.5 Å². The summed E-state index contributed by atoms with van der Waals surface area (Å²) >= 11 is 0. The van der Waals surface area contributed by atoms with E-state index in [1.54, 1.807) is 6.07 Å². The van der Waals surface area contributed by atoms with Gasteiger partial charge in [0.1, 0.15) is 5.78 Å². The molecule has 0 radical (unpaired) electrons. The van der Waals surface area contributed by atoms with Crippen molar-refractivity contribution in [1.82, 2.24) is 9.97 Å². The van der Waals surface area contributed by atoms with E-state index >= 15 is 0 Å². The predicted molar refractivity (Wildman–Crippen MR) is 112 cm³/mol. The molecule has 0 saturated heterocycles. The summed E-state index contributed by atoms with van der Waals surface area (Å²) in [4.78, 5) is 21.2. The smallest absolute Gasteiger partial charge is 0.388 e. The summed E-state index contributed by atoms with van der Waals surface area (Å²) in [6.45, 7) is -0.869. The first-order chi connectivity index (χ1) is 14.5. The Labute approximate surface area is 177 Å². The van der Waals surface area contributed by atoms with Gasteiger partial charge in [-0.3, -0.25) is 9.78 Å². The summed E-state index contributed by atoms with van der Waals surface area (Å²) in [5.41, 5.74) is 4.67. The first-order valence-electron chi connectivity index (χ1n) is 10.9. The zero-order valence-electron chi connectivity index (χ0n) is 17.6. The average molecular weight is 417 g/mol. The van der Waals surface area contributed by atoms with Gasteiger partial charge in [-0.2, -0.15) is 8.78 Å². The lowest BCUT2D eigenvalue weighted by Gasteiger charge is -2.15. The second-order valence-corrected chi connectivity index (χ2v) is 7.98. The number of hydrogen-bond donors (Lipinski definition) is 0. The fourth-order valence-corrected chi connectivity index (χ4v) is 4.06. The molecule has 0 saturated carbocycles. The molecule has 2 aromatic rings. The van der Waals surface area contributed by atoms with Crippen LogP contribution < -0.4 is 4.74 Å². The highest BCUT2D eigenvalue weighted by Gasteiger charge is 2.16. The van der Waals surface area contributed by atoms with Crippen LogP contribution in [-0.4, -0.2) is 22.4 Å². The number of carbonyl (C=O) groups excluding carboxylic acids is 1. The largest absolute Gasteiger partial charge is 0.417 e. The molecule has 1 unspecified atom stereocenters. The molecule has 6 heteroatoms. The Bertz CT molecular complexity index is 824. The zero-order chi connectivity index (χ0) is 21.3. The van der Waals surface area contributed by atoms with E-state index in [9.17, 15) is 13.6 Å². The van der Waals surface area contributed by atoms with Crippen LogP contribution in [0.25, 0.3) is 0 Å². The van der Waals surface area contributed by atoms with Crippen molar-refractivity contribution in [3.63, 3.8) is 0 Å². The molecule has 1 atom stereocenters. The first kappa shape index (κ1) is 22.3. The van der Waals surface area contributed by atoms with Crippen molar-refractivity contribution in [3.05, 3.63) is 53.0 Å². The summed E-state index contributed by atoms with van der Waals surface area (Å²) in [6.07, 6.45) is 10.8. The Balaban J connectivity index is 1.42. The van der Waals surface area contributed by atoms with E-state index in [1.807, 2.05) is 6.92 Å². The number of unbranched alkanes of at least 4 members (excludes halogenated alkanes) is 1. The highest BCUT2D eigenvalue weighted by Crippen LogP contribution is 2.26. The van der Waals surface area contributed by atoms with Crippen molar-refractivity contribution in [2.75, 3.05) is 0 Å². The number of ether oxygens (including phenoxy) is 1. The second-order valence-electron chi connectivity index (χ2n) is 7.98. The minimum Gasteiger partial charge on any atom is -0.417 e. The fourth-order valence-electron chi connectivity index (χ4n) is 4.06. The molecule has 30 heavy (non-hydrogen) atoms. The molecule has 1 aliphatic carbocycles. The number of Topliss-reactive ketones (excluding diaryl/α,β-unsaturated/α-hetero) is 1.